The smallest absolute Gasteiger partial charge is 0.166 e. The fourth-order valence-corrected chi connectivity index (χ4v) is 2.36. The molecule has 0 atom stereocenters. The number of Topliss-reactive ketones (excluding diaryl/α,β-unsaturated/α-hetero) is 1. The van der Waals surface area contributed by atoms with Crippen molar-refractivity contribution in [1.82, 2.24) is 9.78 Å². The minimum atomic E-state index is -0.449. The van der Waals surface area contributed by atoms with Gasteiger partial charge in [-0.3, -0.25) is 9.48 Å². The summed E-state index contributed by atoms with van der Waals surface area (Å²) < 4.78 is 15.2. The van der Waals surface area contributed by atoms with Gasteiger partial charge in [0, 0.05) is 12.1 Å². The molecular formula is C15H16ClFN2O. The van der Waals surface area contributed by atoms with Gasteiger partial charge < -0.3 is 0 Å². The van der Waals surface area contributed by atoms with Gasteiger partial charge in [-0.15, -0.1) is 0 Å². The van der Waals surface area contributed by atoms with Crippen LogP contribution in [0.2, 0.25) is 5.02 Å². The molecular weight excluding hydrogens is 279 g/mol. The summed E-state index contributed by atoms with van der Waals surface area (Å²) in [5.41, 5.74) is 2.95. The Morgan fingerprint density at radius 1 is 1.40 bits per heavy atom. The largest absolute Gasteiger partial charge is 0.294 e. The van der Waals surface area contributed by atoms with E-state index in [1.165, 1.54) is 12.1 Å². The van der Waals surface area contributed by atoms with Crippen molar-refractivity contribution in [2.24, 2.45) is 0 Å². The molecule has 1 aromatic heterocycles. The van der Waals surface area contributed by atoms with Crippen LogP contribution in [-0.2, 0) is 6.54 Å². The molecule has 3 nitrogen and oxygen atoms in total. The van der Waals surface area contributed by atoms with Crippen molar-refractivity contribution in [2.45, 2.75) is 33.7 Å². The molecule has 0 saturated heterocycles. The lowest BCUT2D eigenvalue weighted by atomic mass is 10.1. The molecule has 0 bridgehead atoms. The summed E-state index contributed by atoms with van der Waals surface area (Å²) in [7, 11) is 0. The molecule has 0 aliphatic heterocycles. The SMILES string of the molecule is CCC(=O)c1c(C)nn(Cc2ccc(Cl)c(F)c2)c1C. The Balaban J connectivity index is 2.35. The van der Waals surface area contributed by atoms with E-state index < -0.39 is 5.82 Å². The molecule has 0 radical (unpaired) electrons. The number of nitrogens with zero attached hydrogens (tertiary/aromatic N) is 2. The molecule has 0 saturated carbocycles. The van der Waals surface area contributed by atoms with E-state index in [4.69, 9.17) is 11.6 Å². The van der Waals surface area contributed by atoms with Gasteiger partial charge in [0.15, 0.2) is 5.78 Å². The van der Waals surface area contributed by atoms with Crippen LogP contribution in [0.25, 0.3) is 0 Å². The number of benzene rings is 1. The average molecular weight is 295 g/mol. The van der Waals surface area contributed by atoms with Crippen molar-refractivity contribution < 1.29 is 9.18 Å². The highest BCUT2D eigenvalue weighted by Crippen LogP contribution is 2.19. The zero-order chi connectivity index (χ0) is 14.9. The van der Waals surface area contributed by atoms with Crippen LogP contribution in [0, 0.1) is 19.7 Å². The maximum Gasteiger partial charge on any atom is 0.166 e. The van der Waals surface area contributed by atoms with Gasteiger partial charge >= 0.3 is 0 Å². The molecule has 5 heteroatoms. The van der Waals surface area contributed by atoms with Crippen LogP contribution in [0.15, 0.2) is 18.2 Å². The lowest BCUT2D eigenvalue weighted by Gasteiger charge is -2.06. The van der Waals surface area contributed by atoms with Crippen molar-refractivity contribution in [1.29, 1.82) is 0 Å². The maximum atomic E-state index is 13.4. The van der Waals surface area contributed by atoms with Gasteiger partial charge in [-0.25, -0.2) is 4.39 Å². The predicted molar refractivity (Wildman–Crippen MR) is 76.8 cm³/mol. The Bertz CT molecular complexity index is 664. The summed E-state index contributed by atoms with van der Waals surface area (Å²) in [4.78, 5) is 11.9. The molecule has 0 N–H and O–H groups in total. The summed E-state index contributed by atoms with van der Waals surface area (Å²) in [6.45, 7) is 5.91. The number of hydrogen-bond acceptors (Lipinski definition) is 2. The molecule has 0 spiro atoms. The average Bonchev–Trinajstić information content (AvgIpc) is 2.68. The van der Waals surface area contributed by atoms with Crippen LogP contribution >= 0.6 is 11.6 Å². The number of carbonyl (C=O) groups is 1. The van der Waals surface area contributed by atoms with Gasteiger partial charge in [-0.1, -0.05) is 24.6 Å². The van der Waals surface area contributed by atoms with Crippen LogP contribution in [0.1, 0.15) is 40.7 Å². The van der Waals surface area contributed by atoms with E-state index in [0.717, 1.165) is 11.3 Å². The molecule has 1 aromatic carbocycles. The maximum absolute atomic E-state index is 13.4. The Hall–Kier alpha value is -1.68. The fraction of sp³-hybridized carbons (Fsp3) is 0.333. The molecule has 0 aliphatic carbocycles. The van der Waals surface area contributed by atoms with Crippen LogP contribution in [0.4, 0.5) is 4.39 Å². The van der Waals surface area contributed by atoms with E-state index >= 15 is 0 Å². The van der Waals surface area contributed by atoms with Crippen molar-refractivity contribution in [3.05, 3.63) is 51.6 Å². The first-order valence-electron chi connectivity index (χ1n) is 6.45. The molecule has 0 fully saturated rings. The van der Waals surface area contributed by atoms with Gasteiger partial charge in [0.1, 0.15) is 5.82 Å². The van der Waals surface area contributed by atoms with E-state index in [9.17, 15) is 9.18 Å². The van der Waals surface area contributed by atoms with Gasteiger partial charge in [-0.2, -0.15) is 5.10 Å². The first-order valence-corrected chi connectivity index (χ1v) is 6.83. The lowest BCUT2D eigenvalue weighted by molar-refractivity contribution is 0.0987. The van der Waals surface area contributed by atoms with Crippen LogP contribution in [0.5, 0.6) is 0 Å². The number of rotatable bonds is 4. The first-order chi connectivity index (χ1) is 9.43. The summed E-state index contributed by atoms with van der Waals surface area (Å²) in [6.07, 6.45) is 0.447. The zero-order valence-electron chi connectivity index (χ0n) is 11.7. The molecule has 2 aromatic rings. The second-order valence-electron chi connectivity index (χ2n) is 4.73. The molecule has 0 unspecified atom stereocenters. The number of carbonyl (C=O) groups excluding carboxylic acids is 1. The van der Waals surface area contributed by atoms with Gasteiger partial charge in [-0.05, 0) is 31.5 Å². The molecule has 0 aliphatic rings. The Morgan fingerprint density at radius 3 is 2.70 bits per heavy atom. The Labute approximate surface area is 122 Å². The molecule has 0 amide bonds. The monoisotopic (exact) mass is 294 g/mol. The van der Waals surface area contributed by atoms with Crippen molar-refractivity contribution >= 4 is 17.4 Å². The van der Waals surface area contributed by atoms with Crippen LogP contribution in [-0.4, -0.2) is 15.6 Å². The molecule has 20 heavy (non-hydrogen) atoms. The standard InChI is InChI=1S/C15H16ClFN2O/c1-4-14(20)15-9(2)18-19(10(15)3)8-11-5-6-12(16)13(17)7-11/h5-7H,4,8H2,1-3H3. The zero-order valence-corrected chi connectivity index (χ0v) is 12.5. The third kappa shape index (κ3) is 2.75. The molecule has 2 rings (SSSR count). The highest BCUT2D eigenvalue weighted by atomic mass is 35.5. The summed E-state index contributed by atoms with van der Waals surface area (Å²) in [6, 6.07) is 4.67. The van der Waals surface area contributed by atoms with E-state index in [-0.39, 0.29) is 10.8 Å². The topological polar surface area (TPSA) is 34.9 Å². The number of aromatic nitrogens is 2. The van der Waals surface area contributed by atoms with Crippen molar-refractivity contribution in [2.75, 3.05) is 0 Å². The van der Waals surface area contributed by atoms with Gasteiger partial charge in [0.25, 0.3) is 0 Å². The van der Waals surface area contributed by atoms with Crippen LogP contribution < -0.4 is 0 Å². The summed E-state index contributed by atoms with van der Waals surface area (Å²) in [5, 5.41) is 4.47. The Morgan fingerprint density at radius 2 is 2.10 bits per heavy atom. The fourth-order valence-electron chi connectivity index (χ4n) is 2.24. The van der Waals surface area contributed by atoms with E-state index in [0.29, 0.717) is 24.2 Å². The van der Waals surface area contributed by atoms with Gasteiger partial charge in [0.2, 0.25) is 0 Å². The summed E-state index contributed by atoms with van der Waals surface area (Å²) in [5.74, 6) is -0.371. The van der Waals surface area contributed by atoms with E-state index in [1.54, 1.807) is 10.7 Å². The number of ketones is 1. The number of hydrogen-bond donors (Lipinski definition) is 0. The quantitative estimate of drug-likeness (QED) is 0.801. The summed E-state index contributed by atoms with van der Waals surface area (Å²) >= 11 is 5.66. The second kappa shape index (κ2) is 5.75. The molecule has 106 valence electrons. The third-order valence-electron chi connectivity index (χ3n) is 3.30. The highest BCUT2D eigenvalue weighted by molar-refractivity contribution is 6.30. The molecule has 1 heterocycles. The van der Waals surface area contributed by atoms with Crippen LogP contribution in [0.3, 0.4) is 0 Å². The van der Waals surface area contributed by atoms with Gasteiger partial charge in [0.05, 0.1) is 22.8 Å². The first kappa shape index (κ1) is 14.7. The third-order valence-corrected chi connectivity index (χ3v) is 3.60. The van der Waals surface area contributed by atoms with Crippen molar-refractivity contribution in [3.8, 4) is 0 Å². The Kier molecular flexibility index (Phi) is 4.23. The van der Waals surface area contributed by atoms with E-state index in [1.807, 2.05) is 20.8 Å². The number of aryl methyl sites for hydroxylation is 1. The normalized spacial score (nSPS) is 10.8. The second-order valence-corrected chi connectivity index (χ2v) is 5.14. The number of halogens is 2. The predicted octanol–water partition coefficient (Wildman–Crippen LogP) is 3.93. The van der Waals surface area contributed by atoms with Crippen molar-refractivity contribution in [3.63, 3.8) is 0 Å². The van der Waals surface area contributed by atoms with E-state index in [2.05, 4.69) is 5.10 Å². The minimum absolute atomic E-state index is 0.0773. The minimum Gasteiger partial charge on any atom is -0.294 e. The lowest BCUT2D eigenvalue weighted by Crippen LogP contribution is -2.06. The highest BCUT2D eigenvalue weighted by Gasteiger charge is 2.17.